The van der Waals surface area contributed by atoms with Crippen molar-refractivity contribution in [2.24, 2.45) is 5.73 Å². The Morgan fingerprint density at radius 1 is 1.26 bits per heavy atom. The normalized spacial score (nSPS) is 15.7. The van der Waals surface area contributed by atoms with Gasteiger partial charge in [-0.15, -0.1) is 11.3 Å². The monoisotopic (exact) mass is 394 g/mol. The number of fused-ring (bicyclic) bond motifs is 1. The Labute approximate surface area is 146 Å². The molecule has 0 saturated carbocycles. The maximum atomic E-state index is 12.9. The summed E-state index contributed by atoms with van der Waals surface area (Å²) in [6.45, 7) is 4.28. The number of primary amides is 1. The van der Waals surface area contributed by atoms with Crippen LogP contribution in [0.2, 0.25) is 0 Å². The Morgan fingerprint density at radius 3 is 2.61 bits per heavy atom. The summed E-state index contributed by atoms with van der Waals surface area (Å²) >= 11 is 4.52. The third-order valence-electron chi connectivity index (χ3n) is 3.44. The van der Waals surface area contributed by atoms with Gasteiger partial charge >= 0.3 is 0 Å². The lowest BCUT2D eigenvalue weighted by molar-refractivity contribution is 0.0839. The highest BCUT2D eigenvalue weighted by Crippen LogP contribution is 2.39. The number of hydrogen-bond donors (Lipinski definition) is 1. The molecular formula is C16H15BrN2O3S. The molecular weight excluding hydrogens is 380 g/mol. The van der Waals surface area contributed by atoms with E-state index in [1.54, 1.807) is 17.0 Å². The molecule has 2 heterocycles. The Kier molecular flexibility index (Phi) is 3.93. The number of amides is 2. The maximum Gasteiger partial charge on any atom is 0.268 e. The van der Waals surface area contributed by atoms with Crippen LogP contribution in [0.15, 0.2) is 34.8 Å². The van der Waals surface area contributed by atoms with Gasteiger partial charge in [0.15, 0.2) is 0 Å². The van der Waals surface area contributed by atoms with E-state index in [2.05, 4.69) is 15.9 Å². The largest absolute Gasteiger partial charge is 0.484 e. The van der Waals surface area contributed by atoms with Crippen molar-refractivity contribution in [2.75, 3.05) is 11.4 Å². The van der Waals surface area contributed by atoms with E-state index in [-0.39, 0.29) is 5.91 Å². The molecule has 0 fully saturated rings. The molecule has 2 amide bonds. The van der Waals surface area contributed by atoms with Gasteiger partial charge in [-0.3, -0.25) is 9.59 Å². The first-order valence-electron chi connectivity index (χ1n) is 6.97. The molecule has 23 heavy (non-hydrogen) atoms. The minimum atomic E-state index is -0.527. The molecule has 1 aliphatic rings. The molecule has 120 valence electrons. The second-order valence-corrected chi connectivity index (χ2v) is 7.89. The Hall–Kier alpha value is -1.86. The number of ether oxygens (including phenoxy) is 1. The molecule has 0 bridgehead atoms. The van der Waals surface area contributed by atoms with E-state index >= 15 is 0 Å². The average molecular weight is 395 g/mol. The van der Waals surface area contributed by atoms with E-state index in [1.165, 1.54) is 0 Å². The Balaban J connectivity index is 2.01. The molecule has 0 saturated heterocycles. The van der Waals surface area contributed by atoms with Gasteiger partial charge in [-0.1, -0.05) is 15.9 Å². The van der Waals surface area contributed by atoms with Gasteiger partial charge in [-0.2, -0.15) is 0 Å². The van der Waals surface area contributed by atoms with Gasteiger partial charge in [0.25, 0.3) is 11.8 Å². The molecule has 5 nitrogen and oxygen atoms in total. The number of rotatable bonds is 2. The molecule has 0 atom stereocenters. The molecule has 0 radical (unpaired) electrons. The number of hydrogen-bond acceptors (Lipinski definition) is 4. The van der Waals surface area contributed by atoms with Crippen molar-refractivity contribution >= 4 is 44.8 Å². The molecule has 0 unspecified atom stereocenters. The minimum Gasteiger partial charge on any atom is -0.484 e. The van der Waals surface area contributed by atoms with Crippen LogP contribution in [0.1, 0.15) is 33.2 Å². The lowest BCUT2D eigenvalue weighted by atomic mass is 10.0. The molecule has 0 aliphatic carbocycles. The first-order valence-corrected chi connectivity index (χ1v) is 8.58. The fraction of sp³-hybridized carbons (Fsp3) is 0.250. The van der Waals surface area contributed by atoms with Crippen molar-refractivity contribution in [1.82, 2.24) is 0 Å². The van der Waals surface area contributed by atoms with Crippen molar-refractivity contribution in [3.63, 3.8) is 0 Å². The van der Waals surface area contributed by atoms with Crippen LogP contribution >= 0.6 is 27.3 Å². The van der Waals surface area contributed by atoms with Crippen molar-refractivity contribution < 1.29 is 14.3 Å². The fourth-order valence-corrected chi connectivity index (χ4v) is 3.64. The zero-order chi connectivity index (χ0) is 16.8. The molecule has 1 aromatic heterocycles. The van der Waals surface area contributed by atoms with E-state index in [4.69, 9.17) is 10.5 Å². The van der Waals surface area contributed by atoms with E-state index < -0.39 is 11.5 Å². The molecule has 2 aromatic rings. The third kappa shape index (κ3) is 3.11. The van der Waals surface area contributed by atoms with Crippen molar-refractivity contribution in [2.45, 2.75) is 19.4 Å². The number of halogens is 1. The van der Waals surface area contributed by atoms with Crippen LogP contribution in [-0.4, -0.2) is 24.0 Å². The van der Waals surface area contributed by atoms with Gasteiger partial charge in [-0.25, -0.2) is 0 Å². The summed E-state index contributed by atoms with van der Waals surface area (Å²) in [6, 6.07) is 8.77. The SMILES string of the molecule is CC1(C)CN(C(=O)c2ccc(C(N)=O)s2)c2ccc(Br)cc2O1. The van der Waals surface area contributed by atoms with Crippen LogP contribution in [0.25, 0.3) is 0 Å². The van der Waals surface area contributed by atoms with Crippen LogP contribution in [0.5, 0.6) is 5.75 Å². The molecule has 3 rings (SSSR count). The average Bonchev–Trinajstić information content (AvgIpc) is 2.94. The molecule has 1 aromatic carbocycles. The Morgan fingerprint density at radius 2 is 1.96 bits per heavy atom. The zero-order valence-corrected chi connectivity index (χ0v) is 15.0. The van der Waals surface area contributed by atoms with E-state index in [9.17, 15) is 9.59 Å². The van der Waals surface area contributed by atoms with Crippen LogP contribution in [-0.2, 0) is 0 Å². The van der Waals surface area contributed by atoms with Crippen LogP contribution in [0.3, 0.4) is 0 Å². The van der Waals surface area contributed by atoms with Crippen molar-refractivity contribution in [1.29, 1.82) is 0 Å². The fourth-order valence-electron chi connectivity index (χ4n) is 2.49. The van der Waals surface area contributed by atoms with Crippen molar-refractivity contribution in [3.8, 4) is 5.75 Å². The van der Waals surface area contributed by atoms with Crippen molar-refractivity contribution in [3.05, 3.63) is 44.6 Å². The highest BCUT2D eigenvalue weighted by Gasteiger charge is 2.35. The lowest BCUT2D eigenvalue weighted by Crippen LogP contribution is -2.49. The number of carbonyl (C=O) groups excluding carboxylic acids is 2. The Bertz CT molecular complexity index is 800. The topological polar surface area (TPSA) is 72.6 Å². The molecule has 7 heteroatoms. The van der Waals surface area contributed by atoms with Gasteiger partial charge in [0.1, 0.15) is 11.4 Å². The summed E-state index contributed by atoms with van der Waals surface area (Å²) < 4.78 is 6.85. The molecule has 0 spiro atoms. The second kappa shape index (κ2) is 5.65. The maximum absolute atomic E-state index is 12.9. The number of carbonyl (C=O) groups is 2. The first-order chi connectivity index (χ1) is 10.8. The standard InChI is InChI=1S/C16H15BrN2O3S/c1-16(2)8-19(10-4-3-9(17)7-11(10)22-16)15(21)13-6-5-12(23-13)14(18)20/h3-7H,8H2,1-2H3,(H2,18,20). The van der Waals surface area contributed by atoms with Crippen LogP contribution < -0.4 is 15.4 Å². The van der Waals surface area contributed by atoms with Crippen LogP contribution in [0.4, 0.5) is 5.69 Å². The number of thiophene rings is 1. The predicted molar refractivity (Wildman–Crippen MR) is 93.4 cm³/mol. The number of anilines is 1. The van der Waals surface area contributed by atoms with Gasteiger partial charge in [0.05, 0.1) is 22.0 Å². The van der Waals surface area contributed by atoms with Gasteiger partial charge < -0.3 is 15.4 Å². The highest BCUT2D eigenvalue weighted by atomic mass is 79.9. The zero-order valence-electron chi connectivity index (χ0n) is 12.6. The second-order valence-electron chi connectivity index (χ2n) is 5.89. The number of nitrogens with two attached hydrogens (primary N) is 1. The summed E-state index contributed by atoms with van der Waals surface area (Å²) in [6.07, 6.45) is 0. The van der Waals surface area contributed by atoms with E-state index in [0.29, 0.717) is 27.7 Å². The van der Waals surface area contributed by atoms with E-state index in [0.717, 1.165) is 15.8 Å². The summed E-state index contributed by atoms with van der Waals surface area (Å²) in [5.41, 5.74) is 5.47. The molecule has 2 N–H and O–H groups in total. The lowest BCUT2D eigenvalue weighted by Gasteiger charge is -2.39. The smallest absolute Gasteiger partial charge is 0.268 e. The highest BCUT2D eigenvalue weighted by molar-refractivity contribution is 9.10. The van der Waals surface area contributed by atoms with Gasteiger partial charge in [-0.05, 0) is 44.2 Å². The quantitative estimate of drug-likeness (QED) is 0.847. The third-order valence-corrected chi connectivity index (χ3v) is 5.02. The number of benzene rings is 1. The first kappa shape index (κ1) is 16.0. The summed E-state index contributed by atoms with van der Waals surface area (Å²) in [5.74, 6) is -0.0428. The number of nitrogens with zero attached hydrogens (tertiary/aromatic N) is 1. The molecule has 1 aliphatic heterocycles. The van der Waals surface area contributed by atoms with E-state index in [1.807, 2.05) is 32.0 Å². The summed E-state index contributed by atoms with van der Waals surface area (Å²) in [7, 11) is 0. The predicted octanol–water partition coefficient (Wildman–Crippen LogP) is 3.43. The summed E-state index contributed by atoms with van der Waals surface area (Å²) in [4.78, 5) is 26.7. The van der Waals surface area contributed by atoms with Gasteiger partial charge in [0, 0.05) is 4.47 Å². The van der Waals surface area contributed by atoms with Crippen LogP contribution in [0, 0.1) is 0 Å². The minimum absolute atomic E-state index is 0.164. The van der Waals surface area contributed by atoms with Gasteiger partial charge in [0.2, 0.25) is 0 Å². The summed E-state index contributed by atoms with van der Waals surface area (Å²) in [5, 5.41) is 0.